The van der Waals surface area contributed by atoms with E-state index in [9.17, 15) is 14.4 Å². The van der Waals surface area contributed by atoms with Gasteiger partial charge in [-0.25, -0.2) is 0 Å². The number of carbonyl (C=O) groups is 3. The van der Waals surface area contributed by atoms with Gasteiger partial charge >= 0.3 is 5.97 Å². The van der Waals surface area contributed by atoms with Gasteiger partial charge in [0.05, 0.1) is 24.3 Å². The average Bonchev–Trinajstić information content (AvgIpc) is 2.92. The zero-order chi connectivity index (χ0) is 25.5. The number of nitrogens with one attached hydrogen (secondary N) is 1. The molecule has 0 aromatic heterocycles. The molecular weight excluding hydrogens is 448 g/mol. The van der Waals surface area contributed by atoms with Gasteiger partial charge in [0.1, 0.15) is 24.7 Å². The number of carbonyl (C=O) groups excluding carboxylic acids is 3. The van der Waals surface area contributed by atoms with E-state index >= 15 is 0 Å². The van der Waals surface area contributed by atoms with E-state index in [1.54, 1.807) is 42.2 Å². The lowest BCUT2D eigenvalue weighted by Crippen LogP contribution is -2.41. The van der Waals surface area contributed by atoms with Crippen LogP contribution in [0.5, 0.6) is 5.75 Å². The standard InChI is InChI=1S/C26H32N4O5/c1-4-34-24(32)11-12-29-15-23(31)30(14-17(2)3)22-10-9-20(13-21(22)26(29)33)35-16-18-5-7-19(8-6-18)25(27)28/h5-10,13,17H,4,11-12,14-16H2,1-3H3,(H3,27,28). The number of nitrogen functional groups attached to an aromatic ring is 1. The highest BCUT2D eigenvalue weighted by molar-refractivity contribution is 6.10. The summed E-state index contributed by atoms with van der Waals surface area (Å²) in [7, 11) is 0. The van der Waals surface area contributed by atoms with Crippen LogP contribution in [-0.2, 0) is 20.9 Å². The summed E-state index contributed by atoms with van der Waals surface area (Å²) in [4.78, 5) is 41.4. The Kier molecular flexibility index (Phi) is 8.46. The molecule has 0 bridgehead atoms. The van der Waals surface area contributed by atoms with E-state index in [1.165, 1.54) is 4.90 Å². The lowest BCUT2D eigenvalue weighted by molar-refractivity contribution is -0.143. The minimum Gasteiger partial charge on any atom is -0.489 e. The van der Waals surface area contributed by atoms with Gasteiger partial charge in [0, 0.05) is 18.7 Å². The third-order valence-corrected chi connectivity index (χ3v) is 5.51. The van der Waals surface area contributed by atoms with Gasteiger partial charge in [-0.15, -0.1) is 0 Å². The summed E-state index contributed by atoms with van der Waals surface area (Å²) >= 11 is 0. The summed E-state index contributed by atoms with van der Waals surface area (Å²) in [5.74, 6) is -0.272. The van der Waals surface area contributed by atoms with E-state index in [2.05, 4.69) is 0 Å². The highest BCUT2D eigenvalue weighted by atomic mass is 16.5. The molecular formula is C26H32N4O5. The highest BCUT2D eigenvalue weighted by Gasteiger charge is 2.32. The molecule has 0 atom stereocenters. The quantitative estimate of drug-likeness (QED) is 0.306. The van der Waals surface area contributed by atoms with Crippen molar-refractivity contribution in [1.29, 1.82) is 5.41 Å². The van der Waals surface area contributed by atoms with Crippen LogP contribution in [0.25, 0.3) is 0 Å². The van der Waals surface area contributed by atoms with Gasteiger partial charge in [-0.3, -0.25) is 19.8 Å². The Bertz CT molecular complexity index is 1100. The Hall–Kier alpha value is -3.88. The Labute approximate surface area is 205 Å². The predicted molar refractivity (Wildman–Crippen MR) is 133 cm³/mol. The number of hydrogen-bond donors (Lipinski definition) is 2. The Morgan fingerprint density at radius 3 is 2.49 bits per heavy atom. The first-order valence-electron chi connectivity index (χ1n) is 11.6. The summed E-state index contributed by atoms with van der Waals surface area (Å²) in [5.41, 5.74) is 7.89. The molecule has 0 saturated heterocycles. The van der Waals surface area contributed by atoms with E-state index in [0.29, 0.717) is 29.1 Å². The molecule has 2 aromatic carbocycles. The molecule has 9 heteroatoms. The van der Waals surface area contributed by atoms with Crippen molar-refractivity contribution in [3.63, 3.8) is 0 Å². The third kappa shape index (κ3) is 6.59. The maximum atomic E-state index is 13.4. The van der Waals surface area contributed by atoms with Crippen LogP contribution in [0.3, 0.4) is 0 Å². The molecule has 3 N–H and O–H groups in total. The number of rotatable bonds is 10. The minimum atomic E-state index is -0.413. The molecule has 2 amide bonds. The van der Waals surface area contributed by atoms with Crippen molar-refractivity contribution in [2.24, 2.45) is 11.7 Å². The first kappa shape index (κ1) is 25.7. The van der Waals surface area contributed by atoms with E-state index in [-0.39, 0.29) is 56.3 Å². The molecule has 0 saturated carbocycles. The number of ether oxygens (including phenoxy) is 2. The Morgan fingerprint density at radius 1 is 1.14 bits per heavy atom. The molecule has 9 nitrogen and oxygen atoms in total. The molecule has 3 rings (SSSR count). The first-order chi connectivity index (χ1) is 16.7. The lowest BCUT2D eigenvalue weighted by atomic mass is 10.1. The van der Waals surface area contributed by atoms with Crippen molar-refractivity contribution in [3.05, 3.63) is 59.2 Å². The molecule has 186 valence electrons. The number of amidine groups is 1. The normalized spacial score (nSPS) is 13.5. The van der Waals surface area contributed by atoms with Crippen LogP contribution in [0, 0.1) is 11.3 Å². The van der Waals surface area contributed by atoms with Crippen LogP contribution in [0.4, 0.5) is 5.69 Å². The monoisotopic (exact) mass is 480 g/mol. The molecule has 0 aliphatic carbocycles. The smallest absolute Gasteiger partial charge is 0.307 e. The van der Waals surface area contributed by atoms with Crippen LogP contribution in [0.1, 0.15) is 48.7 Å². The first-order valence-corrected chi connectivity index (χ1v) is 11.6. The van der Waals surface area contributed by atoms with Gasteiger partial charge in [0.2, 0.25) is 5.91 Å². The molecule has 0 spiro atoms. The van der Waals surface area contributed by atoms with Gasteiger partial charge in [-0.05, 0) is 36.6 Å². The number of fused-ring (bicyclic) bond motifs is 1. The van der Waals surface area contributed by atoms with Gasteiger partial charge in [-0.1, -0.05) is 38.1 Å². The van der Waals surface area contributed by atoms with Crippen LogP contribution < -0.4 is 15.4 Å². The summed E-state index contributed by atoms with van der Waals surface area (Å²) in [6, 6.07) is 12.3. The fourth-order valence-corrected chi connectivity index (χ4v) is 3.79. The molecule has 0 fully saturated rings. The third-order valence-electron chi connectivity index (χ3n) is 5.51. The number of nitrogens with two attached hydrogens (primary N) is 1. The molecule has 2 aromatic rings. The van der Waals surface area contributed by atoms with E-state index in [1.807, 2.05) is 26.0 Å². The highest BCUT2D eigenvalue weighted by Crippen LogP contribution is 2.30. The summed E-state index contributed by atoms with van der Waals surface area (Å²) in [6.45, 7) is 6.69. The van der Waals surface area contributed by atoms with Crippen molar-refractivity contribution in [2.45, 2.75) is 33.8 Å². The molecule has 1 aliphatic rings. The topological polar surface area (TPSA) is 126 Å². The van der Waals surface area contributed by atoms with Crippen molar-refractivity contribution in [1.82, 2.24) is 4.90 Å². The van der Waals surface area contributed by atoms with Crippen LogP contribution >= 0.6 is 0 Å². The van der Waals surface area contributed by atoms with Crippen molar-refractivity contribution >= 4 is 29.3 Å². The average molecular weight is 481 g/mol. The van der Waals surface area contributed by atoms with E-state index < -0.39 is 5.97 Å². The van der Waals surface area contributed by atoms with E-state index in [4.69, 9.17) is 20.6 Å². The maximum Gasteiger partial charge on any atom is 0.307 e. The predicted octanol–water partition coefficient (Wildman–Crippen LogP) is 2.95. The second-order valence-corrected chi connectivity index (χ2v) is 8.76. The van der Waals surface area contributed by atoms with Crippen molar-refractivity contribution in [2.75, 3.05) is 31.1 Å². The zero-order valence-corrected chi connectivity index (χ0v) is 20.4. The maximum absolute atomic E-state index is 13.4. The number of hydrogen-bond acceptors (Lipinski definition) is 6. The Balaban J connectivity index is 1.85. The number of anilines is 1. The van der Waals surface area contributed by atoms with Gasteiger partial charge in [0.25, 0.3) is 5.91 Å². The Morgan fingerprint density at radius 2 is 1.86 bits per heavy atom. The fourth-order valence-electron chi connectivity index (χ4n) is 3.79. The van der Waals surface area contributed by atoms with E-state index in [0.717, 1.165) is 5.56 Å². The van der Waals surface area contributed by atoms with Crippen LogP contribution in [0.15, 0.2) is 42.5 Å². The molecule has 0 unspecified atom stereocenters. The summed E-state index contributed by atoms with van der Waals surface area (Å²) < 4.78 is 10.9. The molecule has 35 heavy (non-hydrogen) atoms. The SMILES string of the molecule is CCOC(=O)CCN1CC(=O)N(CC(C)C)c2ccc(OCc3ccc(C(=N)N)cc3)cc2C1=O. The largest absolute Gasteiger partial charge is 0.489 e. The molecule has 0 radical (unpaired) electrons. The minimum absolute atomic E-state index is 0.00487. The fraction of sp³-hybridized carbons (Fsp3) is 0.385. The number of nitrogens with zero attached hydrogens (tertiary/aromatic N) is 2. The van der Waals surface area contributed by atoms with Gasteiger partial charge in [0.15, 0.2) is 0 Å². The molecule has 1 aliphatic heterocycles. The zero-order valence-electron chi connectivity index (χ0n) is 20.4. The van der Waals surface area contributed by atoms with Gasteiger partial charge < -0.3 is 25.0 Å². The van der Waals surface area contributed by atoms with Crippen LogP contribution in [-0.4, -0.2) is 54.8 Å². The van der Waals surface area contributed by atoms with Gasteiger partial charge in [-0.2, -0.15) is 0 Å². The number of amides is 2. The van der Waals surface area contributed by atoms with Crippen molar-refractivity contribution in [3.8, 4) is 5.75 Å². The van der Waals surface area contributed by atoms with Crippen LogP contribution in [0.2, 0.25) is 0 Å². The summed E-state index contributed by atoms with van der Waals surface area (Å²) in [5, 5.41) is 7.49. The molecule has 1 heterocycles. The second kappa shape index (κ2) is 11.5. The second-order valence-electron chi connectivity index (χ2n) is 8.76. The van der Waals surface area contributed by atoms with Crippen molar-refractivity contribution < 1.29 is 23.9 Å². The number of esters is 1. The summed E-state index contributed by atoms with van der Waals surface area (Å²) in [6.07, 6.45) is 0.0127. The lowest BCUT2D eigenvalue weighted by Gasteiger charge is -2.24. The number of benzene rings is 2.